The fraction of sp³-hybridized carbons (Fsp3) is 0.667. The first-order valence-corrected chi connectivity index (χ1v) is 5.42. The summed E-state index contributed by atoms with van der Waals surface area (Å²) in [5.41, 5.74) is 0. The molecule has 0 bridgehead atoms. The predicted octanol–water partition coefficient (Wildman–Crippen LogP) is 2.92. The first-order chi connectivity index (χ1) is 6.88. The molecule has 0 spiro atoms. The van der Waals surface area contributed by atoms with Gasteiger partial charge in [-0.2, -0.15) is 13.2 Å². The van der Waals surface area contributed by atoms with Crippen LogP contribution < -0.4 is 5.32 Å². The van der Waals surface area contributed by atoms with Crippen LogP contribution in [0.25, 0.3) is 0 Å². The number of hydrogen-bond acceptors (Lipinski definition) is 3. The number of hydrogen-bond donors (Lipinski definition) is 1. The number of halogens is 3. The Morgan fingerprint density at radius 3 is 2.60 bits per heavy atom. The van der Waals surface area contributed by atoms with Crippen LogP contribution >= 0.6 is 11.3 Å². The van der Waals surface area contributed by atoms with Crippen molar-refractivity contribution >= 4 is 11.3 Å². The largest absolute Gasteiger partial charge is 0.401 e. The van der Waals surface area contributed by atoms with Crippen LogP contribution in [0.3, 0.4) is 0 Å². The first kappa shape index (κ1) is 12.4. The Balaban J connectivity index is 2.38. The quantitative estimate of drug-likeness (QED) is 0.872. The van der Waals surface area contributed by atoms with E-state index in [2.05, 4.69) is 10.3 Å². The van der Waals surface area contributed by atoms with E-state index in [9.17, 15) is 13.2 Å². The van der Waals surface area contributed by atoms with Crippen LogP contribution in [0, 0.1) is 0 Å². The number of thiazole rings is 1. The monoisotopic (exact) mass is 238 g/mol. The van der Waals surface area contributed by atoms with E-state index < -0.39 is 12.7 Å². The van der Waals surface area contributed by atoms with Crippen molar-refractivity contribution in [3.8, 4) is 0 Å². The van der Waals surface area contributed by atoms with Gasteiger partial charge in [0.25, 0.3) is 0 Å². The third-order valence-corrected chi connectivity index (χ3v) is 2.99. The zero-order valence-corrected chi connectivity index (χ0v) is 9.37. The summed E-state index contributed by atoms with van der Waals surface area (Å²) in [6.07, 6.45) is -2.52. The fourth-order valence-electron chi connectivity index (χ4n) is 0.999. The molecule has 2 nitrogen and oxygen atoms in total. The van der Waals surface area contributed by atoms with Gasteiger partial charge in [-0.15, -0.1) is 11.3 Å². The van der Waals surface area contributed by atoms with Gasteiger partial charge in [0, 0.05) is 23.5 Å². The second-order valence-electron chi connectivity index (χ2n) is 3.54. The van der Waals surface area contributed by atoms with Crippen LogP contribution in [-0.2, 0) is 6.54 Å². The molecule has 0 aliphatic heterocycles. The third kappa shape index (κ3) is 4.61. The molecule has 1 heterocycles. The zero-order chi connectivity index (χ0) is 11.5. The van der Waals surface area contributed by atoms with Crippen LogP contribution in [0.5, 0.6) is 0 Å². The molecule has 0 amide bonds. The Bertz CT molecular complexity index is 307. The summed E-state index contributed by atoms with van der Waals surface area (Å²) >= 11 is 1.45. The van der Waals surface area contributed by atoms with Gasteiger partial charge in [-0.25, -0.2) is 4.98 Å². The normalized spacial score (nSPS) is 12.4. The van der Waals surface area contributed by atoms with E-state index in [1.807, 2.05) is 13.8 Å². The van der Waals surface area contributed by atoms with E-state index in [-0.39, 0.29) is 6.54 Å². The molecule has 0 aliphatic carbocycles. The second kappa shape index (κ2) is 4.94. The lowest BCUT2D eigenvalue weighted by molar-refractivity contribution is -0.125. The van der Waals surface area contributed by atoms with E-state index in [0.717, 1.165) is 9.88 Å². The van der Waals surface area contributed by atoms with E-state index >= 15 is 0 Å². The minimum Gasteiger partial charge on any atom is -0.304 e. The predicted molar refractivity (Wildman–Crippen MR) is 54.0 cm³/mol. The van der Waals surface area contributed by atoms with Crippen LogP contribution in [-0.4, -0.2) is 17.7 Å². The lowest BCUT2D eigenvalue weighted by Gasteiger charge is -2.06. The van der Waals surface area contributed by atoms with Crippen molar-refractivity contribution in [1.29, 1.82) is 0 Å². The smallest absolute Gasteiger partial charge is 0.304 e. The van der Waals surface area contributed by atoms with Crippen LogP contribution in [0.4, 0.5) is 13.2 Å². The molecular weight excluding hydrogens is 225 g/mol. The number of aromatic nitrogens is 1. The van der Waals surface area contributed by atoms with E-state index in [0.29, 0.717) is 5.92 Å². The lowest BCUT2D eigenvalue weighted by atomic mass is 10.2. The molecule has 0 saturated carbocycles. The molecule has 1 N–H and O–H groups in total. The molecule has 0 radical (unpaired) electrons. The Morgan fingerprint density at radius 2 is 2.13 bits per heavy atom. The van der Waals surface area contributed by atoms with Gasteiger partial charge in [-0.3, -0.25) is 0 Å². The summed E-state index contributed by atoms with van der Waals surface area (Å²) in [7, 11) is 0. The average Bonchev–Trinajstić information content (AvgIpc) is 2.50. The molecule has 0 aliphatic rings. The molecule has 0 fully saturated rings. The zero-order valence-electron chi connectivity index (χ0n) is 8.56. The number of alkyl halides is 3. The van der Waals surface area contributed by atoms with Gasteiger partial charge in [-0.1, -0.05) is 13.8 Å². The average molecular weight is 238 g/mol. The summed E-state index contributed by atoms with van der Waals surface area (Å²) in [5.74, 6) is 0.325. The molecule has 1 rings (SSSR count). The highest BCUT2D eigenvalue weighted by molar-refractivity contribution is 7.11. The highest BCUT2D eigenvalue weighted by Gasteiger charge is 2.26. The maximum atomic E-state index is 11.8. The summed E-state index contributed by atoms with van der Waals surface area (Å²) in [4.78, 5) is 4.96. The first-order valence-electron chi connectivity index (χ1n) is 4.60. The summed E-state index contributed by atoms with van der Waals surface area (Å²) in [5, 5.41) is 3.30. The summed E-state index contributed by atoms with van der Waals surface area (Å²) in [6, 6.07) is 0. The summed E-state index contributed by atoms with van der Waals surface area (Å²) < 4.78 is 35.5. The van der Waals surface area contributed by atoms with Crippen molar-refractivity contribution in [1.82, 2.24) is 10.3 Å². The van der Waals surface area contributed by atoms with Gasteiger partial charge in [0.1, 0.15) is 0 Å². The van der Waals surface area contributed by atoms with E-state index in [4.69, 9.17) is 0 Å². The van der Waals surface area contributed by atoms with Gasteiger partial charge in [0.15, 0.2) is 0 Å². The number of nitrogens with one attached hydrogen (secondary N) is 1. The molecule has 6 heteroatoms. The van der Waals surface area contributed by atoms with Gasteiger partial charge in [0.05, 0.1) is 11.6 Å². The minimum atomic E-state index is -4.15. The number of nitrogens with zero attached hydrogens (tertiary/aromatic N) is 1. The van der Waals surface area contributed by atoms with Gasteiger partial charge in [-0.05, 0) is 0 Å². The van der Waals surface area contributed by atoms with Crippen LogP contribution in [0.1, 0.15) is 29.7 Å². The fourth-order valence-corrected chi connectivity index (χ4v) is 1.89. The van der Waals surface area contributed by atoms with Crippen LogP contribution in [0.2, 0.25) is 0 Å². The highest BCUT2D eigenvalue weighted by Crippen LogP contribution is 2.21. The Kier molecular flexibility index (Phi) is 4.10. The van der Waals surface area contributed by atoms with Crippen molar-refractivity contribution in [2.24, 2.45) is 0 Å². The Morgan fingerprint density at radius 1 is 1.47 bits per heavy atom. The maximum Gasteiger partial charge on any atom is 0.401 e. The van der Waals surface area contributed by atoms with Crippen molar-refractivity contribution in [2.75, 3.05) is 6.54 Å². The molecule has 0 unspecified atom stereocenters. The van der Waals surface area contributed by atoms with E-state index in [1.54, 1.807) is 6.20 Å². The van der Waals surface area contributed by atoms with Crippen molar-refractivity contribution in [3.63, 3.8) is 0 Å². The van der Waals surface area contributed by atoms with E-state index in [1.165, 1.54) is 11.3 Å². The Labute approximate surface area is 90.5 Å². The molecule has 86 valence electrons. The molecule has 0 aromatic carbocycles. The van der Waals surface area contributed by atoms with Crippen molar-refractivity contribution in [2.45, 2.75) is 32.5 Å². The topological polar surface area (TPSA) is 24.9 Å². The third-order valence-electron chi connectivity index (χ3n) is 1.69. The SMILES string of the molecule is CC(C)c1ncc(CNCC(F)(F)F)s1. The standard InChI is InChI=1S/C9H13F3N2S/c1-6(2)8-14-4-7(15-8)3-13-5-9(10,11)12/h4,6,13H,3,5H2,1-2H3. The molecule has 0 atom stereocenters. The van der Waals surface area contributed by atoms with Gasteiger partial charge < -0.3 is 5.32 Å². The maximum absolute atomic E-state index is 11.8. The van der Waals surface area contributed by atoms with Crippen molar-refractivity contribution in [3.05, 3.63) is 16.1 Å². The molecule has 0 saturated heterocycles. The lowest BCUT2D eigenvalue weighted by Crippen LogP contribution is -2.27. The molecular formula is C9H13F3N2S. The highest BCUT2D eigenvalue weighted by atomic mass is 32.1. The molecule has 1 aromatic rings. The van der Waals surface area contributed by atoms with Crippen LogP contribution in [0.15, 0.2) is 6.20 Å². The molecule has 15 heavy (non-hydrogen) atoms. The van der Waals surface area contributed by atoms with Gasteiger partial charge >= 0.3 is 6.18 Å². The van der Waals surface area contributed by atoms with Crippen molar-refractivity contribution < 1.29 is 13.2 Å². The Hall–Kier alpha value is -0.620. The van der Waals surface area contributed by atoms with Gasteiger partial charge in [0.2, 0.25) is 0 Å². The minimum absolute atomic E-state index is 0.226. The molecule has 1 aromatic heterocycles. The number of rotatable bonds is 4. The summed E-state index contributed by atoms with van der Waals surface area (Å²) in [6.45, 7) is 3.28. The second-order valence-corrected chi connectivity index (χ2v) is 4.69.